The lowest BCUT2D eigenvalue weighted by atomic mass is 9.92. The van der Waals surface area contributed by atoms with E-state index in [1.807, 2.05) is 6.07 Å². The second kappa shape index (κ2) is 10.4. The van der Waals surface area contributed by atoms with Crippen LogP contribution < -0.4 is 10.6 Å². The van der Waals surface area contributed by atoms with Crippen molar-refractivity contribution < 1.29 is 4.39 Å². The molecule has 2 N–H and O–H groups in total. The van der Waals surface area contributed by atoms with E-state index in [9.17, 15) is 4.39 Å². The molecular weight excluding hydrogens is 315 g/mol. The summed E-state index contributed by atoms with van der Waals surface area (Å²) in [5, 5.41) is 6.48. The highest BCUT2D eigenvalue weighted by atomic mass is 19.1. The number of hydrogen-bond acceptors (Lipinski definition) is 2. The molecule has 1 heterocycles. The summed E-state index contributed by atoms with van der Waals surface area (Å²) in [6.07, 6.45) is 3.67. The number of guanidine groups is 1. The molecule has 4 nitrogen and oxygen atoms in total. The average Bonchev–Trinajstić information content (AvgIpc) is 2.58. The first-order valence-corrected chi connectivity index (χ1v) is 9.48. The molecule has 0 radical (unpaired) electrons. The number of unbranched alkanes of at least 4 members (excludes halogenated alkanes) is 1. The molecule has 5 heteroatoms. The Bertz CT molecular complexity index is 536. The zero-order valence-corrected chi connectivity index (χ0v) is 15.9. The van der Waals surface area contributed by atoms with Crippen molar-refractivity contribution in [1.29, 1.82) is 0 Å². The molecule has 2 atom stereocenters. The minimum Gasteiger partial charge on any atom is -0.356 e. The molecule has 0 amide bonds. The van der Waals surface area contributed by atoms with Crippen LogP contribution in [0.2, 0.25) is 0 Å². The Labute approximate surface area is 151 Å². The zero-order valence-electron chi connectivity index (χ0n) is 15.9. The normalized spacial score (nSPS) is 22.0. The van der Waals surface area contributed by atoms with Crippen molar-refractivity contribution in [2.24, 2.45) is 16.8 Å². The van der Waals surface area contributed by atoms with E-state index in [2.05, 4.69) is 34.4 Å². The van der Waals surface area contributed by atoms with E-state index in [4.69, 9.17) is 0 Å². The Morgan fingerprint density at radius 1 is 1.16 bits per heavy atom. The quantitative estimate of drug-likeness (QED) is 0.451. The molecule has 2 unspecified atom stereocenters. The van der Waals surface area contributed by atoms with Gasteiger partial charge in [0, 0.05) is 38.8 Å². The lowest BCUT2D eigenvalue weighted by Crippen LogP contribution is -2.40. The van der Waals surface area contributed by atoms with E-state index >= 15 is 0 Å². The summed E-state index contributed by atoms with van der Waals surface area (Å²) in [6.45, 7) is 9.70. The number of piperidine rings is 1. The van der Waals surface area contributed by atoms with Gasteiger partial charge in [0.1, 0.15) is 5.82 Å². The van der Waals surface area contributed by atoms with Gasteiger partial charge in [0.05, 0.1) is 0 Å². The number of nitrogens with one attached hydrogen (secondary N) is 2. The van der Waals surface area contributed by atoms with Crippen molar-refractivity contribution in [3.63, 3.8) is 0 Å². The van der Waals surface area contributed by atoms with Crippen LogP contribution in [0.3, 0.4) is 0 Å². The molecule has 1 aromatic carbocycles. The van der Waals surface area contributed by atoms with Gasteiger partial charge in [-0.15, -0.1) is 0 Å². The fourth-order valence-electron chi connectivity index (χ4n) is 3.68. The van der Waals surface area contributed by atoms with Gasteiger partial charge in [0.25, 0.3) is 0 Å². The lowest BCUT2D eigenvalue weighted by molar-refractivity contribution is 0.139. The van der Waals surface area contributed by atoms with Crippen LogP contribution in [0.1, 0.15) is 38.7 Å². The molecule has 1 aliphatic rings. The predicted molar refractivity (Wildman–Crippen MR) is 103 cm³/mol. The van der Waals surface area contributed by atoms with Crippen molar-refractivity contribution in [2.45, 2.75) is 39.7 Å². The van der Waals surface area contributed by atoms with Crippen molar-refractivity contribution >= 4 is 5.96 Å². The third kappa shape index (κ3) is 7.02. The van der Waals surface area contributed by atoms with Crippen LogP contribution >= 0.6 is 0 Å². The summed E-state index contributed by atoms with van der Waals surface area (Å²) in [7, 11) is 1.74. The van der Waals surface area contributed by atoms with E-state index in [1.54, 1.807) is 19.2 Å². The molecule has 1 aliphatic heterocycles. The predicted octanol–water partition coefficient (Wildman–Crippen LogP) is 3.25. The van der Waals surface area contributed by atoms with Crippen molar-refractivity contribution in [1.82, 2.24) is 15.5 Å². The van der Waals surface area contributed by atoms with Crippen LogP contribution in [-0.4, -0.2) is 44.1 Å². The standard InChI is InChI=1S/C20H33FN4/c1-16-12-17(2)15-25(14-16)11-7-6-10-23-20(22-3)24-13-18-8-4-5-9-19(18)21/h4-5,8-9,16-17H,6-7,10-15H2,1-3H3,(H2,22,23,24). The van der Waals surface area contributed by atoms with E-state index in [0.717, 1.165) is 30.8 Å². The van der Waals surface area contributed by atoms with Gasteiger partial charge in [-0.3, -0.25) is 4.99 Å². The monoisotopic (exact) mass is 348 g/mol. The molecule has 0 aliphatic carbocycles. The number of likely N-dealkylation sites (tertiary alicyclic amines) is 1. The Hall–Kier alpha value is -1.62. The summed E-state index contributed by atoms with van der Waals surface area (Å²) in [4.78, 5) is 6.80. The molecule has 1 aromatic rings. The van der Waals surface area contributed by atoms with Gasteiger partial charge in [0.2, 0.25) is 0 Å². The van der Waals surface area contributed by atoms with Crippen molar-refractivity contribution in [3.8, 4) is 0 Å². The minimum absolute atomic E-state index is 0.185. The zero-order chi connectivity index (χ0) is 18.1. The molecule has 0 spiro atoms. The topological polar surface area (TPSA) is 39.7 Å². The van der Waals surface area contributed by atoms with Crippen LogP contribution in [0, 0.1) is 17.7 Å². The third-order valence-corrected chi connectivity index (χ3v) is 4.77. The highest BCUT2D eigenvalue weighted by Gasteiger charge is 2.20. The Balaban J connectivity index is 1.60. The summed E-state index contributed by atoms with van der Waals surface area (Å²) in [5.74, 6) is 2.19. The van der Waals surface area contributed by atoms with E-state index in [-0.39, 0.29) is 5.82 Å². The molecule has 1 saturated heterocycles. The van der Waals surface area contributed by atoms with Gasteiger partial charge in [-0.05, 0) is 43.7 Å². The smallest absolute Gasteiger partial charge is 0.191 e. The highest BCUT2D eigenvalue weighted by molar-refractivity contribution is 5.79. The van der Waals surface area contributed by atoms with Gasteiger partial charge in [-0.25, -0.2) is 4.39 Å². The van der Waals surface area contributed by atoms with Gasteiger partial charge < -0.3 is 15.5 Å². The minimum atomic E-state index is -0.185. The van der Waals surface area contributed by atoms with Crippen LogP contribution in [-0.2, 0) is 6.54 Å². The Kier molecular flexibility index (Phi) is 8.19. The molecule has 1 fully saturated rings. The first kappa shape index (κ1) is 19.7. The maximum Gasteiger partial charge on any atom is 0.191 e. The van der Waals surface area contributed by atoms with Gasteiger partial charge in [0.15, 0.2) is 5.96 Å². The summed E-state index contributed by atoms with van der Waals surface area (Å²) in [5.41, 5.74) is 0.652. The summed E-state index contributed by atoms with van der Waals surface area (Å²) < 4.78 is 13.6. The second-order valence-corrected chi connectivity index (χ2v) is 7.36. The van der Waals surface area contributed by atoms with Crippen molar-refractivity contribution in [2.75, 3.05) is 33.2 Å². The van der Waals surface area contributed by atoms with E-state index < -0.39 is 0 Å². The largest absolute Gasteiger partial charge is 0.356 e. The van der Waals surface area contributed by atoms with Gasteiger partial charge in [-0.2, -0.15) is 0 Å². The van der Waals surface area contributed by atoms with Crippen LogP contribution in [0.5, 0.6) is 0 Å². The average molecular weight is 349 g/mol. The van der Waals surface area contributed by atoms with E-state index in [1.165, 1.54) is 38.5 Å². The van der Waals surface area contributed by atoms with Gasteiger partial charge >= 0.3 is 0 Å². The first-order valence-electron chi connectivity index (χ1n) is 9.48. The van der Waals surface area contributed by atoms with Crippen molar-refractivity contribution in [3.05, 3.63) is 35.6 Å². The summed E-state index contributed by atoms with van der Waals surface area (Å²) in [6, 6.07) is 6.82. The fourth-order valence-corrected chi connectivity index (χ4v) is 3.68. The van der Waals surface area contributed by atoms with E-state index in [0.29, 0.717) is 12.1 Å². The first-order chi connectivity index (χ1) is 12.1. The molecule has 0 bridgehead atoms. The maximum absolute atomic E-state index is 13.6. The van der Waals surface area contributed by atoms with Crippen LogP contribution in [0.25, 0.3) is 0 Å². The number of nitrogens with zero attached hydrogens (tertiary/aromatic N) is 2. The number of aliphatic imine (C=N–C) groups is 1. The Morgan fingerprint density at radius 2 is 1.88 bits per heavy atom. The molecular formula is C20H33FN4. The summed E-state index contributed by atoms with van der Waals surface area (Å²) >= 11 is 0. The number of benzene rings is 1. The highest BCUT2D eigenvalue weighted by Crippen LogP contribution is 2.20. The SMILES string of the molecule is CN=C(NCCCCN1CC(C)CC(C)C1)NCc1ccccc1F. The molecule has 140 valence electrons. The Morgan fingerprint density at radius 3 is 2.56 bits per heavy atom. The number of rotatable bonds is 7. The molecule has 0 aromatic heterocycles. The molecule has 25 heavy (non-hydrogen) atoms. The lowest BCUT2D eigenvalue weighted by Gasteiger charge is -2.34. The van der Waals surface area contributed by atoms with Gasteiger partial charge in [-0.1, -0.05) is 32.0 Å². The third-order valence-electron chi connectivity index (χ3n) is 4.77. The number of hydrogen-bond donors (Lipinski definition) is 2. The van der Waals surface area contributed by atoms with Crippen LogP contribution in [0.4, 0.5) is 4.39 Å². The fraction of sp³-hybridized carbons (Fsp3) is 0.650. The molecule has 2 rings (SSSR count). The molecule has 0 saturated carbocycles. The maximum atomic E-state index is 13.6. The van der Waals surface area contributed by atoms with Crippen LogP contribution in [0.15, 0.2) is 29.3 Å². The number of halogens is 1. The second-order valence-electron chi connectivity index (χ2n) is 7.36.